The van der Waals surface area contributed by atoms with Gasteiger partial charge in [-0.15, -0.1) is 0 Å². The lowest BCUT2D eigenvalue weighted by Crippen LogP contribution is -2.18. The molecule has 2 aromatic carbocycles. The van der Waals surface area contributed by atoms with Gasteiger partial charge in [0.05, 0.1) is 12.7 Å². The molecule has 0 aliphatic heterocycles. The average molecular weight is 397 g/mol. The number of unbranched alkanes of at least 4 members (excludes halogenated alkanes) is 2. The quantitative estimate of drug-likeness (QED) is 0.246. The Morgan fingerprint density at radius 2 is 1.86 bits per heavy atom. The van der Waals surface area contributed by atoms with Gasteiger partial charge >= 0.3 is 5.97 Å². The Morgan fingerprint density at radius 1 is 1.07 bits per heavy atom. The summed E-state index contributed by atoms with van der Waals surface area (Å²) in [5.74, 6) is 1.40. The summed E-state index contributed by atoms with van der Waals surface area (Å²) in [5.41, 5.74) is 1.63. The topological polar surface area (TPSA) is 44.8 Å². The Bertz CT molecular complexity index is 768. The molecule has 0 saturated heterocycles. The number of carbonyl (C=O) groups excluding carboxylic acids is 1. The van der Waals surface area contributed by atoms with Gasteiger partial charge in [0.2, 0.25) is 0 Å². The van der Waals surface area contributed by atoms with Crippen molar-refractivity contribution in [2.45, 2.75) is 52.1 Å². The minimum Gasteiger partial charge on any atom is -0.496 e. The Labute approximate surface area is 174 Å². The molecular weight excluding hydrogens is 364 g/mol. The van der Waals surface area contributed by atoms with Crippen molar-refractivity contribution in [3.63, 3.8) is 0 Å². The Hall–Kier alpha value is -2.75. The van der Waals surface area contributed by atoms with Gasteiger partial charge in [-0.2, -0.15) is 0 Å². The van der Waals surface area contributed by atoms with Gasteiger partial charge in [0.15, 0.2) is 0 Å². The molecule has 1 atom stereocenters. The Balaban J connectivity index is 1.84. The van der Waals surface area contributed by atoms with Crippen LogP contribution in [0.4, 0.5) is 0 Å². The van der Waals surface area contributed by atoms with E-state index in [9.17, 15) is 4.79 Å². The van der Waals surface area contributed by atoms with E-state index in [1.807, 2.05) is 55.5 Å². The molecule has 2 aromatic rings. The van der Waals surface area contributed by atoms with Gasteiger partial charge in [0.1, 0.15) is 24.2 Å². The highest BCUT2D eigenvalue weighted by atomic mass is 16.5. The molecule has 0 saturated carbocycles. The minimum atomic E-state index is -0.259. The maximum Gasteiger partial charge on any atom is 0.338 e. The fourth-order valence-electron chi connectivity index (χ4n) is 3.04. The number of rotatable bonds is 12. The number of benzene rings is 2. The summed E-state index contributed by atoms with van der Waals surface area (Å²) in [6, 6.07) is 14.9. The van der Waals surface area contributed by atoms with Crippen molar-refractivity contribution >= 4 is 5.97 Å². The van der Waals surface area contributed by atoms with Gasteiger partial charge < -0.3 is 14.2 Å². The van der Waals surface area contributed by atoms with Gasteiger partial charge in [0, 0.05) is 6.42 Å². The van der Waals surface area contributed by atoms with E-state index in [0.29, 0.717) is 18.6 Å². The number of hydrogen-bond donors (Lipinski definition) is 0. The van der Waals surface area contributed by atoms with Crippen molar-refractivity contribution in [1.82, 2.24) is 0 Å². The summed E-state index contributed by atoms with van der Waals surface area (Å²) >= 11 is 0. The first-order chi connectivity index (χ1) is 14.1. The van der Waals surface area contributed by atoms with E-state index in [4.69, 9.17) is 14.2 Å². The zero-order chi connectivity index (χ0) is 20.9. The molecule has 4 nitrogen and oxygen atoms in total. The standard InChI is InChI=1S/C25H32O4/c1-4-5-7-14-22(29-25(26)21-12-8-6-9-13-21)15-10-11-18-28-23-16-17-24(27-3)20(2)19-23/h6,8-13,16-17,19,22H,4-5,7,14-15,18H2,1-3H3/b11-10+. The molecule has 0 heterocycles. The van der Waals surface area contributed by atoms with Crippen LogP contribution in [0.3, 0.4) is 0 Å². The highest BCUT2D eigenvalue weighted by Gasteiger charge is 2.14. The molecule has 0 aromatic heterocycles. The van der Waals surface area contributed by atoms with Crippen LogP contribution in [-0.4, -0.2) is 25.8 Å². The predicted octanol–water partition coefficient (Wildman–Crippen LogP) is 6.13. The molecule has 0 amide bonds. The van der Waals surface area contributed by atoms with Crippen LogP contribution in [0.25, 0.3) is 0 Å². The van der Waals surface area contributed by atoms with E-state index >= 15 is 0 Å². The van der Waals surface area contributed by atoms with Crippen LogP contribution in [0.1, 0.15) is 54.9 Å². The maximum absolute atomic E-state index is 12.4. The van der Waals surface area contributed by atoms with Crippen LogP contribution in [-0.2, 0) is 4.74 Å². The summed E-state index contributed by atoms with van der Waals surface area (Å²) < 4.78 is 16.8. The molecule has 0 bridgehead atoms. The molecule has 0 N–H and O–H groups in total. The van der Waals surface area contributed by atoms with Crippen LogP contribution in [0.2, 0.25) is 0 Å². The first kappa shape index (κ1) is 22.5. The zero-order valence-electron chi connectivity index (χ0n) is 17.7. The van der Waals surface area contributed by atoms with Crippen LogP contribution in [0, 0.1) is 6.92 Å². The van der Waals surface area contributed by atoms with Gasteiger partial charge in [-0.25, -0.2) is 4.79 Å². The first-order valence-electron chi connectivity index (χ1n) is 10.3. The van der Waals surface area contributed by atoms with E-state index < -0.39 is 0 Å². The normalized spacial score (nSPS) is 12.0. The summed E-state index contributed by atoms with van der Waals surface area (Å²) in [5, 5.41) is 0. The van der Waals surface area contributed by atoms with Crippen LogP contribution in [0.5, 0.6) is 11.5 Å². The maximum atomic E-state index is 12.4. The van der Waals surface area contributed by atoms with Crippen molar-refractivity contribution in [2.75, 3.05) is 13.7 Å². The molecule has 2 rings (SSSR count). The SMILES string of the molecule is CCCCCC(C/C=C/COc1ccc(OC)c(C)c1)OC(=O)c1ccccc1. The van der Waals surface area contributed by atoms with E-state index in [1.54, 1.807) is 19.2 Å². The smallest absolute Gasteiger partial charge is 0.338 e. The molecule has 0 fully saturated rings. The van der Waals surface area contributed by atoms with Gasteiger partial charge in [-0.3, -0.25) is 0 Å². The molecule has 4 heteroatoms. The molecule has 156 valence electrons. The average Bonchev–Trinajstić information content (AvgIpc) is 2.74. The fourth-order valence-corrected chi connectivity index (χ4v) is 3.04. The third-order valence-corrected chi connectivity index (χ3v) is 4.69. The largest absolute Gasteiger partial charge is 0.496 e. The van der Waals surface area contributed by atoms with Crippen molar-refractivity contribution in [1.29, 1.82) is 0 Å². The predicted molar refractivity (Wildman–Crippen MR) is 117 cm³/mol. The number of aryl methyl sites for hydroxylation is 1. The van der Waals surface area contributed by atoms with Gasteiger partial charge in [-0.05, 0) is 55.7 Å². The van der Waals surface area contributed by atoms with E-state index in [-0.39, 0.29) is 12.1 Å². The molecule has 0 radical (unpaired) electrons. The van der Waals surface area contributed by atoms with Crippen LogP contribution < -0.4 is 9.47 Å². The molecule has 0 aliphatic rings. The zero-order valence-corrected chi connectivity index (χ0v) is 17.7. The molecule has 29 heavy (non-hydrogen) atoms. The third-order valence-electron chi connectivity index (χ3n) is 4.69. The summed E-state index contributed by atoms with van der Waals surface area (Å²) in [6.07, 6.45) is 8.79. The first-order valence-corrected chi connectivity index (χ1v) is 10.3. The summed E-state index contributed by atoms with van der Waals surface area (Å²) in [4.78, 5) is 12.4. The number of ether oxygens (including phenoxy) is 3. The highest BCUT2D eigenvalue weighted by Crippen LogP contribution is 2.23. The van der Waals surface area contributed by atoms with Crippen molar-refractivity contribution in [2.24, 2.45) is 0 Å². The molecule has 1 unspecified atom stereocenters. The summed E-state index contributed by atoms with van der Waals surface area (Å²) in [6.45, 7) is 4.63. The van der Waals surface area contributed by atoms with Crippen LogP contribution in [0.15, 0.2) is 60.7 Å². The molecule has 0 aliphatic carbocycles. The molecule has 0 spiro atoms. The van der Waals surface area contributed by atoms with Crippen molar-refractivity contribution in [3.05, 3.63) is 71.8 Å². The minimum absolute atomic E-state index is 0.117. The van der Waals surface area contributed by atoms with E-state index in [2.05, 4.69) is 6.92 Å². The lowest BCUT2D eigenvalue weighted by Gasteiger charge is -2.16. The van der Waals surface area contributed by atoms with Crippen molar-refractivity contribution < 1.29 is 19.0 Å². The van der Waals surface area contributed by atoms with E-state index in [0.717, 1.165) is 42.7 Å². The second kappa shape index (κ2) is 12.7. The van der Waals surface area contributed by atoms with Crippen LogP contribution >= 0.6 is 0 Å². The Morgan fingerprint density at radius 3 is 2.55 bits per heavy atom. The van der Waals surface area contributed by atoms with Gasteiger partial charge in [-0.1, -0.05) is 50.1 Å². The highest BCUT2D eigenvalue weighted by molar-refractivity contribution is 5.89. The number of esters is 1. The fraction of sp³-hybridized carbons (Fsp3) is 0.400. The Kier molecular flexibility index (Phi) is 9.84. The lowest BCUT2D eigenvalue weighted by molar-refractivity contribution is 0.0283. The number of methoxy groups -OCH3 is 1. The molecular formula is C25H32O4. The second-order valence-corrected chi connectivity index (χ2v) is 7.04. The monoisotopic (exact) mass is 396 g/mol. The summed E-state index contributed by atoms with van der Waals surface area (Å²) in [7, 11) is 1.66. The van der Waals surface area contributed by atoms with E-state index in [1.165, 1.54) is 0 Å². The number of carbonyl (C=O) groups is 1. The second-order valence-electron chi connectivity index (χ2n) is 7.04. The lowest BCUT2D eigenvalue weighted by atomic mass is 10.1. The van der Waals surface area contributed by atoms with Gasteiger partial charge in [0.25, 0.3) is 0 Å². The van der Waals surface area contributed by atoms with Crippen molar-refractivity contribution in [3.8, 4) is 11.5 Å². The number of hydrogen-bond acceptors (Lipinski definition) is 4. The third kappa shape index (κ3) is 8.02.